The standard InChI is InChI=1S/C4H9N3/c5-3-7-4(6)1-2-4/h3H,1-2,6H2,(H2,5,7). The first kappa shape index (κ1) is 4.59. The van der Waals surface area contributed by atoms with Crippen molar-refractivity contribution in [2.24, 2.45) is 16.5 Å². The first-order chi connectivity index (χ1) is 3.27. The van der Waals surface area contributed by atoms with Crippen molar-refractivity contribution < 1.29 is 0 Å². The van der Waals surface area contributed by atoms with Crippen LogP contribution in [0, 0.1) is 0 Å². The van der Waals surface area contributed by atoms with E-state index in [1.165, 1.54) is 6.34 Å². The fourth-order valence-electron chi connectivity index (χ4n) is 0.406. The van der Waals surface area contributed by atoms with E-state index in [9.17, 15) is 0 Å². The summed E-state index contributed by atoms with van der Waals surface area (Å²) in [7, 11) is 0. The van der Waals surface area contributed by atoms with Crippen molar-refractivity contribution in [1.29, 1.82) is 0 Å². The molecule has 0 unspecified atom stereocenters. The van der Waals surface area contributed by atoms with Gasteiger partial charge in [0, 0.05) is 0 Å². The number of aliphatic imine (C=N–C) groups is 1. The van der Waals surface area contributed by atoms with Gasteiger partial charge in [-0.15, -0.1) is 0 Å². The van der Waals surface area contributed by atoms with Gasteiger partial charge in [0.15, 0.2) is 0 Å². The van der Waals surface area contributed by atoms with Crippen molar-refractivity contribution in [1.82, 2.24) is 0 Å². The van der Waals surface area contributed by atoms with Gasteiger partial charge in [-0.3, -0.25) is 4.99 Å². The normalized spacial score (nSPS) is 25.9. The van der Waals surface area contributed by atoms with Gasteiger partial charge in [-0.2, -0.15) is 0 Å². The van der Waals surface area contributed by atoms with Crippen LogP contribution in [0.1, 0.15) is 12.8 Å². The Morgan fingerprint density at radius 1 is 1.57 bits per heavy atom. The van der Waals surface area contributed by atoms with Gasteiger partial charge in [0.2, 0.25) is 0 Å². The van der Waals surface area contributed by atoms with E-state index < -0.39 is 0 Å². The van der Waals surface area contributed by atoms with E-state index in [0.717, 1.165) is 12.8 Å². The van der Waals surface area contributed by atoms with E-state index >= 15 is 0 Å². The fourth-order valence-corrected chi connectivity index (χ4v) is 0.406. The van der Waals surface area contributed by atoms with E-state index in [-0.39, 0.29) is 5.66 Å². The summed E-state index contributed by atoms with van der Waals surface area (Å²) in [6.07, 6.45) is 3.24. The Labute approximate surface area is 42.4 Å². The summed E-state index contributed by atoms with van der Waals surface area (Å²) in [5.74, 6) is 0. The highest BCUT2D eigenvalue weighted by Crippen LogP contribution is 2.32. The summed E-state index contributed by atoms with van der Waals surface area (Å²) in [5, 5.41) is 0. The van der Waals surface area contributed by atoms with Crippen molar-refractivity contribution in [3.05, 3.63) is 0 Å². The number of hydrogen-bond acceptors (Lipinski definition) is 2. The van der Waals surface area contributed by atoms with Gasteiger partial charge in [0.1, 0.15) is 5.66 Å². The molecule has 0 bridgehead atoms. The van der Waals surface area contributed by atoms with Crippen molar-refractivity contribution in [3.63, 3.8) is 0 Å². The smallest absolute Gasteiger partial charge is 0.110 e. The Morgan fingerprint density at radius 3 is 2.29 bits per heavy atom. The fraction of sp³-hybridized carbons (Fsp3) is 0.750. The molecule has 1 aliphatic carbocycles. The van der Waals surface area contributed by atoms with Gasteiger partial charge in [0.05, 0.1) is 6.34 Å². The van der Waals surface area contributed by atoms with Gasteiger partial charge in [-0.1, -0.05) is 0 Å². The van der Waals surface area contributed by atoms with Crippen LogP contribution >= 0.6 is 0 Å². The zero-order valence-electron chi connectivity index (χ0n) is 4.09. The van der Waals surface area contributed by atoms with Gasteiger partial charge in [-0.05, 0) is 12.8 Å². The largest absolute Gasteiger partial charge is 0.390 e. The molecule has 0 aromatic heterocycles. The highest BCUT2D eigenvalue weighted by atomic mass is 15.1. The van der Waals surface area contributed by atoms with Gasteiger partial charge in [-0.25, -0.2) is 0 Å². The van der Waals surface area contributed by atoms with Crippen LogP contribution in [0.4, 0.5) is 0 Å². The van der Waals surface area contributed by atoms with Crippen LogP contribution in [0.15, 0.2) is 4.99 Å². The summed E-state index contributed by atoms with van der Waals surface area (Å²) >= 11 is 0. The molecule has 0 atom stereocenters. The third kappa shape index (κ3) is 0.899. The average Bonchev–Trinajstić information content (AvgIpc) is 2.22. The molecule has 0 heterocycles. The third-order valence-corrected chi connectivity index (χ3v) is 1.09. The zero-order chi connectivity index (χ0) is 5.33. The summed E-state index contributed by atoms with van der Waals surface area (Å²) in [5.41, 5.74) is 10.2. The molecule has 0 aliphatic heterocycles. The number of rotatable bonds is 1. The SMILES string of the molecule is N/C=N/C1(N)CC1. The predicted octanol–water partition coefficient (Wildman–Crippen LogP) is -0.578. The summed E-state index contributed by atoms with van der Waals surface area (Å²) in [6, 6.07) is 0. The van der Waals surface area contributed by atoms with Crippen LogP contribution < -0.4 is 11.5 Å². The van der Waals surface area contributed by atoms with Gasteiger partial charge < -0.3 is 11.5 Å². The molecule has 0 amide bonds. The number of nitrogens with two attached hydrogens (primary N) is 2. The topological polar surface area (TPSA) is 64.4 Å². The van der Waals surface area contributed by atoms with E-state index in [2.05, 4.69) is 4.99 Å². The lowest BCUT2D eigenvalue weighted by atomic mass is 10.6. The molecule has 40 valence electrons. The predicted molar refractivity (Wildman–Crippen MR) is 28.8 cm³/mol. The number of nitrogens with zero attached hydrogens (tertiary/aromatic N) is 1. The Bertz CT molecular complexity index is 93.1. The molecule has 0 aromatic rings. The maximum Gasteiger partial charge on any atom is 0.110 e. The molecular formula is C4H9N3. The molecule has 1 rings (SSSR count). The molecule has 4 N–H and O–H groups in total. The lowest BCUT2D eigenvalue weighted by Crippen LogP contribution is -2.19. The highest BCUT2D eigenvalue weighted by Gasteiger charge is 2.37. The second-order valence-corrected chi connectivity index (χ2v) is 1.88. The minimum Gasteiger partial charge on any atom is -0.390 e. The first-order valence-corrected chi connectivity index (χ1v) is 2.31. The highest BCUT2D eigenvalue weighted by molar-refractivity contribution is 5.52. The third-order valence-electron chi connectivity index (χ3n) is 1.09. The molecule has 1 aliphatic rings. The molecule has 7 heavy (non-hydrogen) atoms. The number of hydrogen-bond donors (Lipinski definition) is 2. The minimum absolute atomic E-state index is 0.255. The van der Waals surface area contributed by atoms with Crippen molar-refractivity contribution in [2.45, 2.75) is 18.5 Å². The monoisotopic (exact) mass is 99.1 g/mol. The van der Waals surface area contributed by atoms with Gasteiger partial charge in [0.25, 0.3) is 0 Å². The van der Waals surface area contributed by atoms with Crippen molar-refractivity contribution >= 4 is 6.34 Å². The first-order valence-electron chi connectivity index (χ1n) is 2.31. The van der Waals surface area contributed by atoms with Crippen LogP contribution in [-0.2, 0) is 0 Å². The molecular weight excluding hydrogens is 90.1 g/mol. The molecule has 0 aromatic carbocycles. The van der Waals surface area contributed by atoms with Crippen LogP contribution in [0.2, 0.25) is 0 Å². The van der Waals surface area contributed by atoms with Crippen molar-refractivity contribution in [3.8, 4) is 0 Å². The summed E-state index contributed by atoms with van der Waals surface area (Å²) < 4.78 is 0. The summed E-state index contributed by atoms with van der Waals surface area (Å²) in [6.45, 7) is 0. The van der Waals surface area contributed by atoms with E-state index in [1.54, 1.807) is 0 Å². The second kappa shape index (κ2) is 1.20. The van der Waals surface area contributed by atoms with Crippen LogP contribution in [-0.4, -0.2) is 12.0 Å². The average molecular weight is 99.1 g/mol. The summed E-state index contributed by atoms with van der Waals surface area (Å²) in [4.78, 5) is 3.80. The Kier molecular flexibility index (Phi) is 0.785. The maximum atomic E-state index is 5.48. The molecule has 0 saturated heterocycles. The Morgan fingerprint density at radius 2 is 2.14 bits per heavy atom. The second-order valence-electron chi connectivity index (χ2n) is 1.88. The Balaban J connectivity index is 2.40. The van der Waals surface area contributed by atoms with Crippen LogP contribution in [0.5, 0.6) is 0 Å². The zero-order valence-corrected chi connectivity index (χ0v) is 4.09. The quantitative estimate of drug-likeness (QED) is 0.341. The molecule has 1 fully saturated rings. The van der Waals surface area contributed by atoms with Gasteiger partial charge >= 0.3 is 0 Å². The molecule has 0 radical (unpaired) electrons. The molecule has 3 nitrogen and oxygen atoms in total. The molecule has 0 spiro atoms. The Hall–Kier alpha value is -0.570. The van der Waals surface area contributed by atoms with Crippen LogP contribution in [0.3, 0.4) is 0 Å². The molecule has 1 saturated carbocycles. The maximum absolute atomic E-state index is 5.48. The lowest BCUT2D eigenvalue weighted by Gasteiger charge is -1.94. The van der Waals surface area contributed by atoms with Crippen LogP contribution in [0.25, 0.3) is 0 Å². The van der Waals surface area contributed by atoms with E-state index in [1.807, 2.05) is 0 Å². The minimum atomic E-state index is -0.255. The van der Waals surface area contributed by atoms with E-state index in [0.29, 0.717) is 0 Å². The van der Waals surface area contributed by atoms with Crippen molar-refractivity contribution in [2.75, 3.05) is 0 Å². The van der Waals surface area contributed by atoms with E-state index in [4.69, 9.17) is 11.5 Å². The molecule has 3 heteroatoms. The lowest BCUT2D eigenvalue weighted by molar-refractivity contribution is 0.725.